The first-order valence-electron chi connectivity index (χ1n) is 14.0. The van der Waals surface area contributed by atoms with Gasteiger partial charge in [0.15, 0.2) is 0 Å². The summed E-state index contributed by atoms with van der Waals surface area (Å²) in [6, 6.07) is 26.5. The molecule has 3 N–H and O–H groups in total. The van der Waals surface area contributed by atoms with E-state index in [0.717, 1.165) is 22.6 Å². The van der Waals surface area contributed by atoms with Crippen molar-refractivity contribution in [2.45, 2.75) is 19.4 Å². The second-order valence-corrected chi connectivity index (χ2v) is 10.2. The number of nitrogens with one attached hydrogen (secondary N) is 3. The molecule has 10 nitrogen and oxygen atoms in total. The van der Waals surface area contributed by atoms with Gasteiger partial charge in [-0.25, -0.2) is 13.8 Å². The van der Waals surface area contributed by atoms with Crippen LogP contribution in [0.1, 0.15) is 30.5 Å². The Bertz CT molecular complexity index is 1770. The molecule has 0 fully saturated rings. The number of ether oxygens (including phenoxy) is 1. The van der Waals surface area contributed by atoms with Crippen LogP contribution < -0.4 is 20.7 Å². The molecule has 0 saturated heterocycles. The minimum absolute atomic E-state index is 0.144. The predicted octanol–water partition coefficient (Wildman–Crippen LogP) is 7.09. The average Bonchev–Trinajstić information content (AvgIpc) is 3.50. The summed E-state index contributed by atoms with van der Waals surface area (Å²) in [5, 5.41) is 15.4. The molecule has 12 heteroatoms. The van der Waals surface area contributed by atoms with Crippen LogP contribution >= 0.6 is 0 Å². The van der Waals surface area contributed by atoms with E-state index in [4.69, 9.17) is 4.74 Å². The molecule has 1 unspecified atom stereocenters. The number of benzene rings is 4. The SMILES string of the molecule is COc1ccc(C2CC(c3ccc(Nc4nc(Nc5ccc(F)cc5)nc(Nc5ccc(F)cc5)n4)cc3)=NN2C(C)=O)cc1. The molecule has 1 atom stereocenters. The van der Waals surface area contributed by atoms with Gasteiger partial charge in [0.25, 0.3) is 0 Å². The second-order valence-electron chi connectivity index (χ2n) is 10.2. The number of rotatable bonds is 9. The van der Waals surface area contributed by atoms with E-state index >= 15 is 0 Å². The number of anilines is 6. The number of halogens is 2. The number of aromatic nitrogens is 3. The number of carbonyl (C=O) groups is 1. The van der Waals surface area contributed by atoms with Crippen LogP contribution in [0, 0.1) is 11.6 Å². The summed E-state index contributed by atoms with van der Waals surface area (Å²) in [6.45, 7) is 1.50. The fourth-order valence-electron chi connectivity index (χ4n) is 4.80. The van der Waals surface area contributed by atoms with E-state index in [9.17, 15) is 13.6 Å². The van der Waals surface area contributed by atoms with Crippen molar-refractivity contribution in [1.29, 1.82) is 0 Å². The van der Waals surface area contributed by atoms with Crippen molar-refractivity contribution in [2.75, 3.05) is 23.1 Å². The molecule has 0 saturated carbocycles. The largest absolute Gasteiger partial charge is 0.497 e. The minimum atomic E-state index is -0.366. The Morgan fingerprint density at radius 1 is 0.711 bits per heavy atom. The van der Waals surface area contributed by atoms with Gasteiger partial charge < -0.3 is 20.7 Å². The van der Waals surface area contributed by atoms with Crippen molar-refractivity contribution in [3.8, 4) is 5.75 Å². The van der Waals surface area contributed by atoms with Crippen LogP contribution in [0.2, 0.25) is 0 Å². The maximum absolute atomic E-state index is 13.4. The van der Waals surface area contributed by atoms with Gasteiger partial charge in [0.05, 0.1) is 18.9 Å². The van der Waals surface area contributed by atoms with Crippen molar-refractivity contribution in [3.63, 3.8) is 0 Å². The van der Waals surface area contributed by atoms with Gasteiger partial charge >= 0.3 is 0 Å². The van der Waals surface area contributed by atoms with Crippen molar-refractivity contribution < 1.29 is 18.3 Å². The fraction of sp³-hybridized carbons (Fsp3) is 0.121. The molecular weight excluding hydrogens is 578 g/mol. The monoisotopic (exact) mass is 606 g/mol. The van der Waals surface area contributed by atoms with Crippen molar-refractivity contribution in [1.82, 2.24) is 20.0 Å². The minimum Gasteiger partial charge on any atom is -0.497 e. The number of amides is 1. The number of hydrogen-bond acceptors (Lipinski definition) is 9. The molecule has 0 aliphatic carbocycles. The maximum atomic E-state index is 13.4. The van der Waals surface area contributed by atoms with Gasteiger partial charge in [0.1, 0.15) is 17.4 Å². The van der Waals surface area contributed by atoms with Crippen molar-refractivity contribution >= 4 is 46.5 Å². The molecule has 0 radical (unpaired) electrons. The third kappa shape index (κ3) is 7.02. The molecule has 1 aromatic heterocycles. The Morgan fingerprint density at radius 3 is 1.58 bits per heavy atom. The molecule has 4 aromatic carbocycles. The molecule has 0 spiro atoms. The lowest BCUT2D eigenvalue weighted by molar-refractivity contribution is -0.130. The lowest BCUT2D eigenvalue weighted by Crippen LogP contribution is -2.24. The molecule has 0 bridgehead atoms. The van der Waals surface area contributed by atoms with Gasteiger partial charge in [-0.1, -0.05) is 24.3 Å². The summed E-state index contributed by atoms with van der Waals surface area (Å²) in [6.07, 6.45) is 0.559. The Kier molecular flexibility index (Phi) is 8.27. The Morgan fingerprint density at radius 2 is 1.16 bits per heavy atom. The van der Waals surface area contributed by atoms with Crippen LogP contribution in [0.15, 0.2) is 102 Å². The third-order valence-electron chi connectivity index (χ3n) is 7.04. The van der Waals surface area contributed by atoms with Crippen LogP contribution in [-0.4, -0.2) is 38.7 Å². The summed E-state index contributed by atoms with van der Waals surface area (Å²) < 4.78 is 32.1. The number of carbonyl (C=O) groups excluding carboxylic acids is 1. The molecule has 6 rings (SSSR count). The first kappa shape index (κ1) is 29.2. The van der Waals surface area contributed by atoms with Crippen LogP contribution in [0.4, 0.5) is 43.7 Å². The Hall–Kier alpha value is -5.91. The highest BCUT2D eigenvalue weighted by molar-refractivity contribution is 6.03. The van der Waals surface area contributed by atoms with E-state index in [1.807, 2.05) is 48.5 Å². The molecule has 2 heterocycles. The number of methoxy groups -OCH3 is 1. The van der Waals surface area contributed by atoms with Gasteiger partial charge in [-0.15, -0.1) is 0 Å². The Labute approximate surface area is 257 Å². The molecule has 45 heavy (non-hydrogen) atoms. The average molecular weight is 607 g/mol. The number of hydrogen-bond donors (Lipinski definition) is 3. The van der Waals surface area contributed by atoms with E-state index < -0.39 is 0 Å². The molecule has 1 amide bonds. The van der Waals surface area contributed by atoms with Crippen molar-refractivity contribution in [2.24, 2.45) is 5.10 Å². The summed E-state index contributed by atoms with van der Waals surface area (Å²) in [4.78, 5) is 25.8. The lowest BCUT2D eigenvalue weighted by atomic mass is 9.98. The van der Waals surface area contributed by atoms with Crippen LogP contribution in [-0.2, 0) is 4.79 Å². The van der Waals surface area contributed by atoms with E-state index in [2.05, 4.69) is 36.0 Å². The van der Waals surface area contributed by atoms with E-state index in [-0.39, 0.29) is 41.4 Å². The van der Waals surface area contributed by atoms with Crippen LogP contribution in [0.3, 0.4) is 0 Å². The summed E-state index contributed by atoms with van der Waals surface area (Å²) in [7, 11) is 1.61. The molecule has 5 aromatic rings. The predicted molar refractivity (Wildman–Crippen MR) is 168 cm³/mol. The van der Waals surface area contributed by atoms with Crippen molar-refractivity contribution in [3.05, 3.63) is 120 Å². The van der Waals surface area contributed by atoms with Crippen LogP contribution in [0.25, 0.3) is 0 Å². The molecular formula is C33H28F2N8O2. The van der Waals surface area contributed by atoms with Crippen LogP contribution in [0.5, 0.6) is 5.75 Å². The third-order valence-corrected chi connectivity index (χ3v) is 7.04. The van der Waals surface area contributed by atoms with Gasteiger partial charge in [-0.05, 0) is 83.9 Å². The second kappa shape index (κ2) is 12.8. The zero-order chi connectivity index (χ0) is 31.3. The Balaban J connectivity index is 1.22. The smallest absolute Gasteiger partial charge is 0.240 e. The van der Waals surface area contributed by atoms with E-state index in [1.54, 1.807) is 31.4 Å². The normalized spacial score (nSPS) is 14.1. The number of hydrazone groups is 1. The lowest BCUT2D eigenvalue weighted by Gasteiger charge is -2.20. The first-order valence-corrected chi connectivity index (χ1v) is 14.0. The zero-order valence-corrected chi connectivity index (χ0v) is 24.3. The fourth-order valence-corrected chi connectivity index (χ4v) is 4.80. The summed E-state index contributed by atoms with van der Waals surface area (Å²) in [5.41, 5.74) is 4.48. The zero-order valence-electron chi connectivity index (χ0n) is 24.3. The highest BCUT2D eigenvalue weighted by Crippen LogP contribution is 2.34. The van der Waals surface area contributed by atoms with Gasteiger partial charge in [-0.2, -0.15) is 20.1 Å². The van der Waals surface area contributed by atoms with Gasteiger partial charge in [0, 0.05) is 30.4 Å². The highest BCUT2D eigenvalue weighted by atomic mass is 19.1. The highest BCUT2D eigenvalue weighted by Gasteiger charge is 2.31. The van der Waals surface area contributed by atoms with Gasteiger partial charge in [-0.3, -0.25) is 4.79 Å². The molecule has 226 valence electrons. The topological polar surface area (TPSA) is 117 Å². The number of nitrogens with zero attached hydrogens (tertiary/aromatic N) is 5. The maximum Gasteiger partial charge on any atom is 0.240 e. The summed E-state index contributed by atoms with van der Waals surface area (Å²) in [5.74, 6) is 0.500. The standard InChI is InChI=1S/C33H28F2N8O2/c1-20(44)43-30(22-5-17-28(45-2)18-6-22)19-29(42-43)21-3-11-25(12-4-21)36-31-39-32(37-26-13-7-23(34)8-14-26)41-33(40-31)38-27-15-9-24(35)10-16-27/h3-18,30H,19H2,1-2H3,(H3,36,37,38,39,40,41). The molecule has 1 aliphatic heterocycles. The van der Waals surface area contributed by atoms with E-state index in [1.165, 1.54) is 36.2 Å². The van der Waals surface area contributed by atoms with Gasteiger partial charge in [0.2, 0.25) is 23.8 Å². The molecule has 1 aliphatic rings. The summed E-state index contributed by atoms with van der Waals surface area (Å²) >= 11 is 0. The quantitative estimate of drug-likeness (QED) is 0.163. The first-order chi connectivity index (χ1) is 21.8. The van der Waals surface area contributed by atoms with E-state index in [0.29, 0.717) is 23.5 Å².